The molecular formula is C20H20BrN3O2. The fraction of sp³-hybridized carbons (Fsp3) is 0.200. The highest BCUT2D eigenvalue weighted by atomic mass is 79.9. The molecule has 1 heterocycles. The second-order valence-electron chi connectivity index (χ2n) is 6.17. The fourth-order valence-corrected chi connectivity index (χ4v) is 3.25. The van der Waals surface area contributed by atoms with Crippen molar-refractivity contribution in [3.8, 4) is 0 Å². The Kier molecular flexibility index (Phi) is 5.42. The Balaban J connectivity index is 1.86. The van der Waals surface area contributed by atoms with E-state index in [1.165, 1.54) is 5.56 Å². The predicted molar refractivity (Wildman–Crippen MR) is 106 cm³/mol. The van der Waals surface area contributed by atoms with E-state index < -0.39 is 12.0 Å². The highest BCUT2D eigenvalue weighted by Crippen LogP contribution is 2.31. The Bertz CT molecular complexity index is 831. The number of hydrogen-bond acceptors (Lipinski definition) is 2. The van der Waals surface area contributed by atoms with Crippen LogP contribution >= 0.6 is 15.9 Å². The minimum Gasteiger partial charge on any atom is -0.330 e. The number of nitrogens with one attached hydrogen (secondary N) is 3. The summed E-state index contributed by atoms with van der Waals surface area (Å²) in [5.41, 5.74) is 3.13. The Morgan fingerprint density at radius 1 is 1.15 bits per heavy atom. The summed E-state index contributed by atoms with van der Waals surface area (Å²) in [5, 5.41) is 8.36. The average molecular weight is 414 g/mol. The third kappa shape index (κ3) is 3.96. The lowest BCUT2D eigenvalue weighted by Crippen LogP contribution is -2.51. The van der Waals surface area contributed by atoms with Gasteiger partial charge in [0.25, 0.3) is 0 Å². The lowest BCUT2D eigenvalue weighted by atomic mass is 9.87. The van der Waals surface area contributed by atoms with Crippen molar-refractivity contribution in [1.29, 1.82) is 0 Å². The molecule has 2 aromatic rings. The Morgan fingerprint density at radius 2 is 1.81 bits per heavy atom. The van der Waals surface area contributed by atoms with E-state index >= 15 is 0 Å². The number of carbonyl (C=O) groups excluding carboxylic acids is 2. The number of benzene rings is 2. The predicted octanol–water partition coefficient (Wildman–Crippen LogP) is 4.13. The number of anilines is 1. The van der Waals surface area contributed by atoms with Gasteiger partial charge in [0.05, 0.1) is 6.04 Å². The molecule has 6 heteroatoms. The van der Waals surface area contributed by atoms with Crippen LogP contribution in [0.25, 0.3) is 0 Å². The zero-order chi connectivity index (χ0) is 18.7. The number of hydrogen-bond donors (Lipinski definition) is 3. The first-order chi connectivity index (χ1) is 12.5. The number of aryl methyl sites for hydroxylation is 1. The van der Waals surface area contributed by atoms with Crippen molar-refractivity contribution < 1.29 is 9.59 Å². The molecule has 26 heavy (non-hydrogen) atoms. The molecule has 0 aromatic heterocycles. The number of carbonyl (C=O) groups is 2. The monoisotopic (exact) mass is 413 g/mol. The van der Waals surface area contributed by atoms with Crippen molar-refractivity contribution in [3.05, 3.63) is 76.4 Å². The van der Waals surface area contributed by atoms with E-state index in [0.717, 1.165) is 16.5 Å². The second-order valence-corrected chi connectivity index (χ2v) is 7.09. The summed E-state index contributed by atoms with van der Waals surface area (Å²) in [4.78, 5) is 24.8. The van der Waals surface area contributed by atoms with Crippen LogP contribution in [0.15, 0.2) is 65.3 Å². The van der Waals surface area contributed by atoms with Gasteiger partial charge in [0, 0.05) is 15.9 Å². The molecule has 3 N–H and O–H groups in total. The van der Waals surface area contributed by atoms with Crippen LogP contribution in [0.5, 0.6) is 0 Å². The normalized spacial score (nSPS) is 19.5. The van der Waals surface area contributed by atoms with E-state index in [9.17, 15) is 9.59 Å². The maximum Gasteiger partial charge on any atom is 0.319 e. The number of amides is 3. The number of urea groups is 1. The van der Waals surface area contributed by atoms with Crippen LogP contribution in [-0.2, 0) is 11.2 Å². The Labute approximate surface area is 161 Å². The van der Waals surface area contributed by atoms with Crippen LogP contribution in [0.4, 0.5) is 10.5 Å². The van der Waals surface area contributed by atoms with Gasteiger partial charge >= 0.3 is 6.03 Å². The first-order valence-electron chi connectivity index (χ1n) is 8.39. The van der Waals surface area contributed by atoms with Crippen LogP contribution in [0.2, 0.25) is 0 Å². The quantitative estimate of drug-likeness (QED) is 0.704. The first kappa shape index (κ1) is 18.2. The third-order valence-electron chi connectivity index (χ3n) is 4.41. The summed E-state index contributed by atoms with van der Waals surface area (Å²) in [5.74, 6) is -0.849. The maximum absolute atomic E-state index is 12.9. The van der Waals surface area contributed by atoms with Gasteiger partial charge in [-0.05, 0) is 41.8 Å². The van der Waals surface area contributed by atoms with Gasteiger partial charge in [0.2, 0.25) is 5.91 Å². The van der Waals surface area contributed by atoms with E-state index in [2.05, 4.69) is 45.4 Å². The molecule has 0 radical (unpaired) electrons. The van der Waals surface area contributed by atoms with Gasteiger partial charge < -0.3 is 16.0 Å². The second kappa shape index (κ2) is 7.74. The Morgan fingerprint density at radius 3 is 2.42 bits per heavy atom. The third-order valence-corrected chi connectivity index (χ3v) is 4.94. The van der Waals surface area contributed by atoms with Crippen molar-refractivity contribution in [2.75, 3.05) is 5.32 Å². The molecule has 5 nitrogen and oxygen atoms in total. The van der Waals surface area contributed by atoms with Gasteiger partial charge in [-0.3, -0.25) is 4.79 Å². The van der Waals surface area contributed by atoms with Gasteiger partial charge in [-0.1, -0.05) is 53.7 Å². The van der Waals surface area contributed by atoms with E-state index in [0.29, 0.717) is 11.4 Å². The van der Waals surface area contributed by atoms with Crippen molar-refractivity contribution >= 4 is 33.6 Å². The minimum absolute atomic E-state index is 0.227. The van der Waals surface area contributed by atoms with Gasteiger partial charge in [0.1, 0.15) is 5.92 Å². The summed E-state index contributed by atoms with van der Waals surface area (Å²) < 4.78 is 0.931. The highest BCUT2D eigenvalue weighted by molar-refractivity contribution is 9.10. The van der Waals surface area contributed by atoms with Gasteiger partial charge in [-0.2, -0.15) is 0 Å². The summed E-state index contributed by atoms with van der Waals surface area (Å²) in [6, 6.07) is 14.4. The smallest absolute Gasteiger partial charge is 0.319 e. The van der Waals surface area contributed by atoms with Gasteiger partial charge in [0.15, 0.2) is 0 Å². The largest absolute Gasteiger partial charge is 0.330 e. The lowest BCUT2D eigenvalue weighted by Gasteiger charge is -2.34. The maximum atomic E-state index is 12.9. The fourth-order valence-electron chi connectivity index (χ4n) is 2.98. The van der Waals surface area contributed by atoms with Crippen molar-refractivity contribution in [1.82, 2.24) is 10.6 Å². The van der Waals surface area contributed by atoms with Gasteiger partial charge in [-0.15, -0.1) is 0 Å². The average Bonchev–Trinajstić information content (AvgIpc) is 2.63. The highest BCUT2D eigenvalue weighted by Gasteiger charge is 2.37. The molecule has 3 amide bonds. The molecule has 0 spiro atoms. The van der Waals surface area contributed by atoms with E-state index in [1.54, 1.807) is 0 Å². The molecular weight excluding hydrogens is 394 g/mol. The molecule has 2 aromatic carbocycles. The van der Waals surface area contributed by atoms with E-state index in [1.807, 2.05) is 48.5 Å². The van der Waals surface area contributed by atoms with Crippen molar-refractivity contribution in [2.24, 2.45) is 5.92 Å². The van der Waals surface area contributed by atoms with Crippen LogP contribution < -0.4 is 16.0 Å². The van der Waals surface area contributed by atoms with Crippen LogP contribution in [0, 0.1) is 5.92 Å². The number of rotatable bonds is 4. The molecule has 0 saturated carbocycles. The van der Waals surface area contributed by atoms with Crippen LogP contribution in [0.3, 0.4) is 0 Å². The molecule has 1 aliphatic heterocycles. The zero-order valence-corrected chi connectivity index (χ0v) is 16.0. The van der Waals surface area contributed by atoms with Gasteiger partial charge in [-0.25, -0.2) is 4.79 Å². The molecule has 3 rings (SSSR count). The zero-order valence-electron chi connectivity index (χ0n) is 14.4. The molecule has 0 aliphatic carbocycles. The summed E-state index contributed by atoms with van der Waals surface area (Å²) in [7, 11) is 0. The molecule has 0 bridgehead atoms. The van der Waals surface area contributed by atoms with E-state index in [-0.39, 0.29) is 11.9 Å². The minimum atomic E-state index is -0.621. The molecule has 1 fully saturated rings. The van der Waals surface area contributed by atoms with Crippen LogP contribution in [0.1, 0.15) is 24.1 Å². The molecule has 1 aliphatic rings. The number of halogens is 1. The molecule has 2 atom stereocenters. The summed E-state index contributed by atoms with van der Waals surface area (Å²) in [6.45, 7) is 5.97. The van der Waals surface area contributed by atoms with Crippen molar-refractivity contribution in [3.63, 3.8) is 0 Å². The molecule has 134 valence electrons. The summed E-state index contributed by atoms with van der Waals surface area (Å²) in [6.07, 6.45) is 0.930. The molecule has 0 unspecified atom stereocenters. The standard InChI is InChI=1S/C20H20BrN3O2/c1-3-13-4-6-14(7-5-13)18-17(12(2)22-20(26)24-18)19(25)23-16-10-8-15(21)9-11-16/h4-11,17-18H,2-3H2,1H3,(H,23,25)(H2,22,24,26)/t17-,18-/m0/s1. The first-order valence-corrected chi connectivity index (χ1v) is 9.19. The molecule has 1 saturated heterocycles. The Hall–Kier alpha value is -2.60. The van der Waals surface area contributed by atoms with Crippen LogP contribution in [-0.4, -0.2) is 11.9 Å². The SMILES string of the molecule is C=C1NC(=O)N[C@@H](c2ccc(CC)cc2)[C@H]1C(=O)Nc1ccc(Br)cc1. The topological polar surface area (TPSA) is 70.2 Å². The lowest BCUT2D eigenvalue weighted by molar-refractivity contribution is -0.119. The van der Waals surface area contributed by atoms with E-state index in [4.69, 9.17) is 0 Å². The summed E-state index contributed by atoms with van der Waals surface area (Å²) >= 11 is 3.37. The van der Waals surface area contributed by atoms with Crippen molar-refractivity contribution in [2.45, 2.75) is 19.4 Å².